The summed E-state index contributed by atoms with van der Waals surface area (Å²) in [6.45, 7) is 1.25. The van der Waals surface area contributed by atoms with E-state index in [1.165, 1.54) is 4.90 Å². The molecule has 0 saturated heterocycles. The van der Waals surface area contributed by atoms with Crippen LogP contribution in [0.5, 0.6) is 5.75 Å². The van der Waals surface area contributed by atoms with Crippen LogP contribution >= 0.6 is 0 Å². The second kappa shape index (κ2) is 14.5. The van der Waals surface area contributed by atoms with E-state index < -0.39 is 54.5 Å². The third kappa shape index (κ3) is 10.8. The summed E-state index contributed by atoms with van der Waals surface area (Å²) in [5, 5.41) is 50.4. The van der Waals surface area contributed by atoms with Gasteiger partial charge in [0, 0.05) is 25.7 Å². The summed E-state index contributed by atoms with van der Waals surface area (Å²) in [6.07, 6.45) is 0.125. The lowest BCUT2D eigenvalue weighted by atomic mass is 10.0. The Labute approximate surface area is 200 Å². The fourth-order valence-corrected chi connectivity index (χ4v) is 3.22. The maximum Gasteiger partial charge on any atom is 0.332 e. The van der Waals surface area contributed by atoms with Crippen molar-refractivity contribution in [3.8, 4) is 5.75 Å². The molecule has 0 aliphatic carbocycles. The van der Waals surface area contributed by atoms with Crippen molar-refractivity contribution in [1.29, 1.82) is 0 Å². The highest BCUT2D eigenvalue weighted by Gasteiger charge is 2.30. The summed E-state index contributed by atoms with van der Waals surface area (Å²) in [4.78, 5) is 57.4. The molecule has 7 N–H and O–H groups in total. The zero-order valence-corrected chi connectivity index (χ0v) is 18.9. The van der Waals surface area contributed by atoms with Crippen LogP contribution in [0.15, 0.2) is 24.3 Å². The van der Waals surface area contributed by atoms with E-state index in [-0.39, 0.29) is 26.1 Å². The predicted molar refractivity (Wildman–Crippen MR) is 118 cm³/mol. The Bertz CT molecular complexity index is 863. The van der Waals surface area contributed by atoms with Gasteiger partial charge in [-0.3, -0.25) is 20.3 Å². The number of benzene rings is 1. The van der Waals surface area contributed by atoms with Gasteiger partial charge in [-0.1, -0.05) is 12.1 Å². The standard InChI is InChI=1S/C21H29N3O11/c1-2-35-14-5-3-12(4-6-14)9-13(23-17(20(31)32)21(33)34)10-24(11-15(25)26)8-7-22-16(18(27)28)19(29)30/h3-6,13,16-17,22-23H,2,7-11H2,1H3,(H,25,26)(H,27,28)(H,29,30)(H,31,32)(H,33,34). The van der Waals surface area contributed by atoms with Crippen LogP contribution in [0.4, 0.5) is 0 Å². The molecule has 0 bridgehead atoms. The Balaban J connectivity index is 3.05. The first-order chi connectivity index (χ1) is 16.4. The number of carbonyl (C=O) groups is 5. The van der Waals surface area contributed by atoms with Gasteiger partial charge >= 0.3 is 29.8 Å². The van der Waals surface area contributed by atoms with Crippen molar-refractivity contribution in [3.05, 3.63) is 29.8 Å². The third-order valence-corrected chi connectivity index (χ3v) is 4.72. The molecule has 0 fully saturated rings. The molecular formula is C21H29N3O11. The van der Waals surface area contributed by atoms with Crippen LogP contribution < -0.4 is 15.4 Å². The van der Waals surface area contributed by atoms with E-state index in [0.717, 1.165) is 0 Å². The molecule has 1 rings (SSSR count). The van der Waals surface area contributed by atoms with Crippen molar-refractivity contribution < 1.29 is 54.2 Å². The molecule has 194 valence electrons. The Morgan fingerprint density at radius 2 is 1.43 bits per heavy atom. The smallest absolute Gasteiger partial charge is 0.332 e. The average molecular weight is 499 g/mol. The number of rotatable bonds is 18. The summed E-state index contributed by atoms with van der Waals surface area (Å²) in [5.74, 6) is -7.16. The van der Waals surface area contributed by atoms with Gasteiger partial charge in [-0.05, 0) is 31.0 Å². The minimum atomic E-state index is -1.96. The highest BCUT2D eigenvalue weighted by Crippen LogP contribution is 2.14. The monoisotopic (exact) mass is 499 g/mol. The number of aliphatic carboxylic acids is 5. The number of carboxylic acid groups (broad SMARTS) is 5. The van der Waals surface area contributed by atoms with Gasteiger partial charge in [-0.15, -0.1) is 0 Å². The van der Waals surface area contributed by atoms with E-state index in [4.69, 9.17) is 14.9 Å². The second-order valence-corrected chi connectivity index (χ2v) is 7.45. The largest absolute Gasteiger partial charge is 0.494 e. The highest BCUT2D eigenvalue weighted by atomic mass is 16.5. The van der Waals surface area contributed by atoms with Crippen molar-refractivity contribution in [2.45, 2.75) is 31.5 Å². The fourth-order valence-electron chi connectivity index (χ4n) is 3.22. The molecule has 14 nitrogen and oxygen atoms in total. The molecule has 0 amide bonds. The molecule has 0 aliphatic rings. The maximum absolute atomic E-state index is 11.4. The summed E-state index contributed by atoms with van der Waals surface area (Å²) in [7, 11) is 0. The van der Waals surface area contributed by atoms with Gasteiger partial charge < -0.3 is 30.3 Å². The van der Waals surface area contributed by atoms with Crippen molar-refractivity contribution in [2.75, 3.05) is 32.8 Å². The van der Waals surface area contributed by atoms with Crippen LogP contribution in [-0.2, 0) is 30.4 Å². The van der Waals surface area contributed by atoms with E-state index in [1.807, 2.05) is 6.92 Å². The molecule has 1 aromatic rings. The number of carboxylic acids is 5. The number of nitrogens with one attached hydrogen (secondary N) is 2. The Kier molecular flexibility index (Phi) is 12.1. The normalized spacial score (nSPS) is 12.0. The summed E-state index contributed by atoms with van der Waals surface area (Å²) >= 11 is 0. The number of hydrogen-bond donors (Lipinski definition) is 7. The topological polar surface area (TPSA) is 223 Å². The molecule has 0 aromatic heterocycles. The van der Waals surface area contributed by atoms with E-state index in [9.17, 15) is 39.3 Å². The molecule has 0 spiro atoms. The average Bonchev–Trinajstić information content (AvgIpc) is 2.74. The van der Waals surface area contributed by atoms with Gasteiger partial charge in [0.1, 0.15) is 5.75 Å². The Hall–Kier alpha value is -3.75. The van der Waals surface area contributed by atoms with Gasteiger partial charge in [0.2, 0.25) is 12.1 Å². The maximum atomic E-state index is 11.4. The van der Waals surface area contributed by atoms with Crippen molar-refractivity contribution in [3.63, 3.8) is 0 Å². The minimum Gasteiger partial charge on any atom is -0.494 e. The first-order valence-corrected chi connectivity index (χ1v) is 10.5. The van der Waals surface area contributed by atoms with Crippen LogP contribution in [0.2, 0.25) is 0 Å². The molecule has 0 radical (unpaired) electrons. The molecule has 14 heteroatoms. The fraction of sp³-hybridized carbons (Fsp3) is 0.476. The number of ether oxygens (including phenoxy) is 1. The third-order valence-electron chi connectivity index (χ3n) is 4.72. The van der Waals surface area contributed by atoms with E-state index in [0.29, 0.717) is 17.9 Å². The highest BCUT2D eigenvalue weighted by molar-refractivity contribution is 5.97. The molecule has 35 heavy (non-hydrogen) atoms. The molecule has 1 aromatic carbocycles. The lowest BCUT2D eigenvalue weighted by molar-refractivity contribution is -0.153. The minimum absolute atomic E-state index is 0.115. The van der Waals surface area contributed by atoms with Crippen LogP contribution in [0.3, 0.4) is 0 Å². The molecule has 0 heterocycles. The molecule has 0 saturated carbocycles. The number of nitrogens with zero attached hydrogens (tertiary/aromatic N) is 1. The zero-order chi connectivity index (χ0) is 26.5. The first-order valence-electron chi connectivity index (χ1n) is 10.5. The van der Waals surface area contributed by atoms with Crippen LogP contribution in [-0.4, -0.2) is 111 Å². The van der Waals surface area contributed by atoms with Crippen LogP contribution in [0.1, 0.15) is 12.5 Å². The van der Waals surface area contributed by atoms with Crippen molar-refractivity contribution in [1.82, 2.24) is 15.5 Å². The van der Waals surface area contributed by atoms with Gasteiger partial charge in [0.25, 0.3) is 0 Å². The van der Waals surface area contributed by atoms with Crippen molar-refractivity contribution >= 4 is 29.8 Å². The SMILES string of the molecule is CCOc1ccc(CC(CN(CCNC(C(=O)O)C(=O)O)CC(=O)O)NC(C(=O)O)C(=O)O)cc1. The quantitative estimate of drug-likeness (QED) is 0.116. The second-order valence-electron chi connectivity index (χ2n) is 7.45. The molecular weight excluding hydrogens is 470 g/mol. The number of hydrogen-bond acceptors (Lipinski definition) is 9. The molecule has 1 atom stereocenters. The summed E-state index contributed by atoms with van der Waals surface area (Å²) in [5.41, 5.74) is 0.686. The van der Waals surface area contributed by atoms with Crippen LogP contribution in [0.25, 0.3) is 0 Å². The van der Waals surface area contributed by atoms with E-state index in [2.05, 4.69) is 10.6 Å². The van der Waals surface area contributed by atoms with Gasteiger partial charge in [-0.25, -0.2) is 19.2 Å². The lowest BCUT2D eigenvalue weighted by Crippen LogP contribution is -2.54. The van der Waals surface area contributed by atoms with Crippen LogP contribution in [0, 0.1) is 0 Å². The van der Waals surface area contributed by atoms with Gasteiger partial charge in [0.15, 0.2) is 0 Å². The Morgan fingerprint density at radius 1 is 0.886 bits per heavy atom. The van der Waals surface area contributed by atoms with E-state index >= 15 is 0 Å². The zero-order valence-electron chi connectivity index (χ0n) is 18.9. The van der Waals surface area contributed by atoms with Gasteiger partial charge in [0.05, 0.1) is 13.2 Å². The van der Waals surface area contributed by atoms with Gasteiger partial charge in [-0.2, -0.15) is 0 Å². The first kappa shape index (κ1) is 29.3. The molecule has 1 unspecified atom stereocenters. The van der Waals surface area contributed by atoms with Crippen molar-refractivity contribution in [2.24, 2.45) is 0 Å². The predicted octanol–water partition coefficient (Wildman–Crippen LogP) is -1.36. The summed E-state index contributed by atoms with van der Waals surface area (Å²) in [6, 6.07) is 2.04. The van der Waals surface area contributed by atoms with E-state index in [1.54, 1.807) is 24.3 Å². The lowest BCUT2D eigenvalue weighted by Gasteiger charge is -2.28. The molecule has 0 aliphatic heterocycles. The Morgan fingerprint density at radius 3 is 1.89 bits per heavy atom. The summed E-state index contributed by atoms with van der Waals surface area (Å²) < 4.78 is 5.36.